The van der Waals surface area contributed by atoms with Gasteiger partial charge in [0.25, 0.3) is 0 Å². The van der Waals surface area contributed by atoms with Crippen molar-refractivity contribution in [2.24, 2.45) is 0 Å². The molecule has 4 heteroatoms. The molecule has 0 fully saturated rings. The summed E-state index contributed by atoms with van der Waals surface area (Å²) in [5.41, 5.74) is 2.22. The summed E-state index contributed by atoms with van der Waals surface area (Å²) in [6.45, 7) is 1.61. The average Bonchev–Trinajstić information content (AvgIpc) is 2.67. The maximum Gasteiger partial charge on any atom is 0.118 e. The second kappa shape index (κ2) is 11.4. The van der Waals surface area contributed by atoms with Crippen LogP contribution in [-0.4, -0.2) is 31.5 Å². The van der Waals surface area contributed by atoms with Crippen LogP contribution in [0.3, 0.4) is 0 Å². The number of rotatable bonds is 11. The standard InChI is InChI=1S/C21H26O4/c1-23-20-12-10-19(11-13-20)16-25-21(9-5-6-14-22)17-24-15-18-7-3-2-4-8-18/h2-8,10-13,21-22H,9,14-17H2,1H3/b6-5+/t21-/m1/s1. The van der Waals surface area contributed by atoms with E-state index in [1.807, 2.05) is 60.7 Å². The van der Waals surface area contributed by atoms with Crippen molar-refractivity contribution in [1.29, 1.82) is 0 Å². The molecule has 2 aromatic carbocycles. The number of hydrogen-bond donors (Lipinski definition) is 1. The van der Waals surface area contributed by atoms with Gasteiger partial charge in [0.05, 0.1) is 39.6 Å². The van der Waals surface area contributed by atoms with Gasteiger partial charge < -0.3 is 19.3 Å². The van der Waals surface area contributed by atoms with E-state index in [0.717, 1.165) is 16.9 Å². The molecule has 2 aromatic rings. The summed E-state index contributed by atoms with van der Waals surface area (Å²) in [6.07, 6.45) is 4.28. The Morgan fingerprint density at radius 3 is 2.32 bits per heavy atom. The third kappa shape index (κ3) is 7.52. The molecule has 0 bridgehead atoms. The molecule has 25 heavy (non-hydrogen) atoms. The molecule has 0 saturated carbocycles. The molecule has 134 valence electrons. The van der Waals surface area contributed by atoms with E-state index in [4.69, 9.17) is 19.3 Å². The SMILES string of the molecule is COc1ccc(CO[C@H](C/C=C/CO)COCc2ccccc2)cc1. The van der Waals surface area contributed by atoms with E-state index in [1.165, 1.54) is 0 Å². The van der Waals surface area contributed by atoms with E-state index in [1.54, 1.807) is 13.2 Å². The zero-order valence-corrected chi connectivity index (χ0v) is 14.6. The molecule has 0 heterocycles. The molecule has 0 aliphatic rings. The van der Waals surface area contributed by atoms with E-state index in [0.29, 0.717) is 26.2 Å². The molecule has 2 rings (SSSR count). The van der Waals surface area contributed by atoms with Gasteiger partial charge in [-0.3, -0.25) is 0 Å². The highest BCUT2D eigenvalue weighted by molar-refractivity contribution is 5.26. The van der Waals surface area contributed by atoms with Gasteiger partial charge in [-0.05, 0) is 29.7 Å². The predicted octanol–water partition coefficient (Wildman–Crippen LogP) is 3.74. The fraction of sp³-hybridized carbons (Fsp3) is 0.333. The Morgan fingerprint density at radius 2 is 1.64 bits per heavy atom. The molecule has 1 N–H and O–H groups in total. The van der Waals surface area contributed by atoms with Crippen LogP contribution in [0.5, 0.6) is 5.75 Å². The lowest BCUT2D eigenvalue weighted by molar-refractivity contribution is -0.0277. The minimum atomic E-state index is -0.0615. The van der Waals surface area contributed by atoms with Gasteiger partial charge in [0.2, 0.25) is 0 Å². The molecule has 0 aromatic heterocycles. The van der Waals surface area contributed by atoms with Crippen molar-refractivity contribution in [1.82, 2.24) is 0 Å². The van der Waals surface area contributed by atoms with E-state index < -0.39 is 0 Å². The van der Waals surface area contributed by atoms with Gasteiger partial charge in [0, 0.05) is 0 Å². The first kappa shape index (κ1) is 19.2. The molecule has 0 amide bonds. The highest BCUT2D eigenvalue weighted by Crippen LogP contribution is 2.14. The smallest absolute Gasteiger partial charge is 0.118 e. The average molecular weight is 342 g/mol. The fourth-order valence-corrected chi connectivity index (χ4v) is 2.33. The van der Waals surface area contributed by atoms with Gasteiger partial charge in [-0.25, -0.2) is 0 Å². The Labute approximate surface area is 149 Å². The lowest BCUT2D eigenvalue weighted by Gasteiger charge is -2.17. The number of methoxy groups -OCH3 is 1. The van der Waals surface area contributed by atoms with Crippen LogP contribution in [0, 0.1) is 0 Å². The summed E-state index contributed by atoms with van der Waals surface area (Å²) >= 11 is 0. The molecular weight excluding hydrogens is 316 g/mol. The Bertz CT molecular complexity index is 608. The molecular formula is C21H26O4. The Morgan fingerprint density at radius 1 is 0.920 bits per heavy atom. The number of aliphatic hydroxyl groups is 1. The number of benzene rings is 2. The summed E-state index contributed by atoms with van der Waals surface area (Å²) in [5, 5.41) is 8.89. The van der Waals surface area contributed by atoms with Gasteiger partial charge in [-0.15, -0.1) is 0 Å². The van der Waals surface area contributed by atoms with Crippen LogP contribution in [0.1, 0.15) is 17.5 Å². The number of aliphatic hydroxyl groups excluding tert-OH is 1. The van der Waals surface area contributed by atoms with Crippen LogP contribution < -0.4 is 4.74 Å². The van der Waals surface area contributed by atoms with E-state index >= 15 is 0 Å². The maximum atomic E-state index is 8.89. The molecule has 4 nitrogen and oxygen atoms in total. The molecule has 1 atom stereocenters. The first-order valence-corrected chi connectivity index (χ1v) is 8.44. The topological polar surface area (TPSA) is 47.9 Å². The zero-order chi connectivity index (χ0) is 17.7. The normalized spacial score (nSPS) is 12.4. The van der Waals surface area contributed by atoms with Crippen LogP contribution in [0.4, 0.5) is 0 Å². The van der Waals surface area contributed by atoms with E-state index in [9.17, 15) is 0 Å². The van der Waals surface area contributed by atoms with Gasteiger partial charge >= 0.3 is 0 Å². The van der Waals surface area contributed by atoms with Crippen molar-refractivity contribution in [3.63, 3.8) is 0 Å². The summed E-state index contributed by atoms with van der Waals surface area (Å²) < 4.78 is 16.9. The number of hydrogen-bond acceptors (Lipinski definition) is 4. The third-order valence-electron chi connectivity index (χ3n) is 3.73. The Kier molecular flexibility index (Phi) is 8.77. The van der Waals surface area contributed by atoms with Crippen LogP contribution in [0.2, 0.25) is 0 Å². The van der Waals surface area contributed by atoms with Crippen molar-refractivity contribution in [3.05, 3.63) is 77.9 Å². The highest BCUT2D eigenvalue weighted by Gasteiger charge is 2.09. The molecule has 0 radical (unpaired) electrons. The Balaban J connectivity index is 1.82. The van der Waals surface area contributed by atoms with E-state index in [-0.39, 0.29) is 12.7 Å². The molecule has 0 unspecified atom stereocenters. The molecule has 0 spiro atoms. The van der Waals surface area contributed by atoms with E-state index in [2.05, 4.69) is 0 Å². The fourth-order valence-electron chi connectivity index (χ4n) is 2.33. The monoisotopic (exact) mass is 342 g/mol. The van der Waals surface area contributed by atoms with Crippen LogP contribution in [-0.2, 0) is 22.7 Å². The quantitative estimate of drug-likeness (QED) is 0.632. The lowest BCUT2D eigenvalue weighted by atomic mass is 10.2. The van der Waals surface area contributed by atoms with Crippen molar-refractivity contribution in [2.75, 3.05) is 20.3 Å². The minimum absolute atomic E-state index is 0.0378. The Hall–Kier alpha value is -2.14. The summed E-state index contributed by atoms with van der Waals surface area (Å²) in [7, 11) is 1.65. The van der Waals surface area contributed by atoms with Gasteiger partial charge in [0.1, 0.15) is 5.75 Å². The van der Waals surface area contributed by atoms with Gasteiger partial charge in [-0.1, -0.05) is 54.6 Å². The van der Waals surface area contributed by atoms with Crippen LogP contribution in [0.25, 0.3) is 0 Å². The van der Waals surface area contributed by atoms with Gasteiger partial charge in [-0.2, -0.15) is 0 Å². The second-order valence-corrected chi connectivity index (χ2v) is 5.67. The summed E-state index contributed by atoms with van der Waals surface area (Å²) in [6, 6.07) is 17.9. The van der Waals surface area contributed by atoms with Crippen LogP contribution in [0.15, 0.2) is 66.7 Å². The maximum absolute atomic E-state index is 8.89. The largest absolute Gasteiger partial charge is 0.497 e. The first-order chi connectivity index (χ1) is 12.3. The van der Waals surface area contributed by atoms with Crippen molar-refractivity contribution < 1.29 is 19.3 Å². The lowest BCUT2D eigenvalue weighted by Crippen LogP contribution is -2.19. The molecule has 0 aliphatic heterocycles. The van der Waals surface area contributed by atoms with Crippen molar-refractivity contribution >= 4 is 0 Å². The van der Waals surface area contributed by atoms with Crippen molar-refractivity contribution in [3.8, 4) is 5.75 Å². The summed E-state index contributed by atoms with van der Waals surface area (Å²) in [5.74, 6) is 0.831. The highest BCUT2D eigenvalue weighted by atomic mass is 16.5. The van der Waals surface area contributed by atoms with Crippen LogP contribution >= 0.6 is 0 Å². The molecule has 0 aliphatic carbocycles. The van der Waals surface area contributed by atoms with Crippen molar-refractivity contribution in [2.45, 2.75) is 25.7 Å². The molecule has 0 saturated heterocycles. The van der Waals surface area contributed by atoms with Gasteiger partial charge in [0.15, 0.2) is 0 Å². The first-order valence-electron chi connectivity index (χ1n) is 8.44. The third-order valence-corrected chi connectivity index (χ3v) is 3.73. The second-order valence-electron chi connectivity index (χ2n) is 5.67. The number of ether oxygens (including phenoxy) is 3. The predicted molar refractivity (Wildman–Crippen MR) is 98.5 cm³/mol. The summed E-state index contributed by atoms with van der Waals surface area (Å²) in [4.78, 5) is 0. The minimum Gasteiger partial charge on any atom is -0.497 e. The zero-order valence-electron chi connectivity index (χ0n) is 14.6.